The first-order chi connectivity index (χ1) is 11.6. The van der Waals surface area contributed by atoms with Crippen LogP contribution in [0.25, 0.3) is 0 Å². The predicted octanol–water partition coefficient (Wildman–Crippen LogP) is 2.64. The van der Waals surface area contributed by atoms with E-state index in [0.717, 1.165) is 5.56 Å². The Morgan fingerprint density at radius 3 is 2.79 bits per heavy atom. The van der Waals surface area contributed by atoms with Gasteiger partial charge in [0.2, 0.25) is 0 Å². The first kappa shape index (κ1) is 16.2. The van der Waals surface area contributed by atoms with Gasteiger partial charge in [-0.2, -0.15) is 10.2 Å². The first-order valence-corrected chi connectivity index (χ1v) is 7.62. The average molecular weight is 346 g/mol. The van der Waals surface area contributed by atoms with Crippen molar-refractivity contribution in [1.82, 2.24) is 19.6 Å². The van der Waals surface area contributed by atoms with Crippen molar-refractivity contribution in [3.05, 3.63) is 65.2 Å². The minimum absolute atomic E-state index is 0.295. The highest BCUT2D eigenvalue weighted by Gasteiger charge is 2.11. The Hall–Kier alpha value is -2.64. The number of benzene rings is 1. The molecule has 0 atom stereocenters. The summed E-state index contributed by atoms with van der Waals surface area (Å²) in [6.45, 7) is 0.891. The number of anilines is 1. The molecule has 0 fully saturated rings. The largest absolute Gasteiger partial charge is 0.362 e. The van der Waals surface area contributed by atoms with Gasteiger partial charge in [0.15, 0.2) is 5.69 Å². The van der Waals surface area contributed by atoms with E-state index < -0.39 is 0 Å². The summed E-state index contributed by atoms with van der Waals surface area (Å²) >= 11 is 5.87. The lowest BCUT2D eigenvalue weighted by Crippen LogP contribution is -2.13. The van der Waals surface area contributed by atoms with Gasteiger partial charge < -0.3 is 10.1 Å². The summed E-state index contributed by atoms with van der Waals surface area (Å²) in [5, 5.41) is 11.8. The summed E-state index contributed by atoms with van der Waals surface area (Å²) in [6.07, 6.45) is 5.04. The molecule has 2 heterocycles. The molecule has 0 aliphatic heterocycles. The van der Waals surface area contributed by atoms with Gasteiger partial charge in [-0.1, -0.05) is 23.7 Å². The molecule has 0 saturated heterocycles. The topological polar surface area (TPSA) is 74.0 Å². The fourth-order valence-corrected chi connectivity index (χ4v) is 2.30. The number of halogens is 1. The van der Waals surface area contributed by atoms with Crippen LogP contribution < -0.4 is 5.32 Å². The highest BCUT2D eigenvalue weighted by atomic mass is 35.5. The number of amides is 1. The van der Waals surface area contributed by atoms with Gasteiger partial charge in [0, 0.05) is 24.5 Å². The van der Waals surface area contributed by atoms with E-state index in [1.165, 1.54) is 0 Å². The molecule has 24 heavy (non-hydrogen) atoms. The summed E-state index contributed by atoms with van der Waals surface area (Å²) in [5.74, 6) is -0.295. The standard InChI is InChI=1S/C16H16ClN5O2/c1-24-11-21-7-6-15(20-21)16(23)19-14-8-18-22(10-14)9-12-2-4-13(17)5-3-12/h2-8,10H,9,11H2,1H3,(H,19,23). The Morgan fingerprint density at radius 1 is 1.25 bits per heavy atom. The number of nitrogens with zero attached hydrogens (tertiary/aromatic N) is 4. The van der Waals surface area contributed by atoms with Crippen LogP contribution in [-0.4, -0.2) is 32.6 Å². The van der Waals surface area contributed by atoms with Crippen LogP contribution in [0.4, 0.5) is 5.69 Å². The molecule has 1 aromatic carbocycles. The SMILES string of the molecule is COCn1ccc(C(=O)Nc2cnn(Cc3ccc(Cl)cc3)c2)n1. The van der Waals surface area contributed by atoms with Gasteiger partial charge in [-0.15, -0.1) is 0 Å². The van der Waals surface area contributed by atoms with Gasteiger partial charge in [0.05, 0.1) is 18.4 Å². The molecule has 0 aliphatic rings. The molecule has 0 radical (unpaired) electrons. The first-order valence-electron chi connectivity index (χ1n) is 7.24. The van der Waals surface area contributed by atoms with Crippen LogP contribution in [0.15, 0.2) is 48.9 Å². The minimum Gasteiger partial charge on any atom is -0.362 e. The summed E-state index contributed by atoms with van der Waals surface area (Å²) in [6, 6.07) is 9.17. The predicted molar refractivity (Wildman–Crippen MR) is 90.0 cm³/mol. The zero-order chi connectivity index (χ0) is 16.9. The van der Waals surface area contributed by atoms with Gasteiger partial charge in [0.1, 0.15) is 6.73 Å². The van der Waals surface area contributed by atoms with E-state index in [4.69, 9.17) is 16.3 Å². The third kappa shape index (κ3) is 4.01. The highest BCUT2D eigenvalue weighted by molar-refractivity contribution is 6.30. The fourth-order valence-electron chi connectivity index (χ4n) is 2.17. The molecule has 1 N–H and O–H groups in total. The van der Waals surface area contributed by atoms with Crippen molar-refractivity contribution in [2.75, 3.05) is 12.4 Å². The summed E-state index contributed by atoms with van der Waals surface area (Å²) in [5.41, 5.74) is 1.99. The number of ether oxygens (including phenoxy) is 1. The summed E-state index contributed by atoms with van der Waals surface area (Å²) in [4.78, 5) is 12.2. The molecule has 124 valence electrons. The maximum Gasteiger partial charge on any atom is 0.276 e. The van der Waals surface area contributed by atoms with Crippen molar-refractivity contribution in [2.24, 2.45) is 0 Å². The lowest BCUT2D eigenvalue weighted by atomic mass is 10.2. The number of hydrogen-bond donors (Lipinski definition) is 1. The molecule has 0 unspecified atom stereocenters. The highest BCUT2D eigenvalue weighted by Crippen LogP contribution is 2.12. The van der Waals surface area contributed by atoms with Gasteiger partial charge in [-0.3, -0.25) is 9.48 Å². The lowest BCUT2D eigenvalue weighted by molar-refractivity contribution is 0.101. The third-order valence-corrected chi connectivity index (χ3v) is 3.54. The number of methoxy groups -OCH3 is 1. The van der Waals surface area contributed by atoms with Crippen LogP contribution in [-0.2, 0) is 18.0 Å². The van der Waals surface area contributed by atoms with Gasteiger partial charge in [-0.25, -0.2) is 4.68 Å². The zero-order valence-electron chi connectivity index (χ0n) is 13.0. The molecular formula is C16H16ClN5O2. The molecule has 3 rings (SSSR count). The van der Waals surface area contributed by atoms with Crippen LogP contribution in [0, 0.1) is 0 Å². The molecule has 0 spiro atoms. The van der Waals surface area contributed by atoms with Crippen molar-refractivity contribution in [3.63, 3.8) is 0 Å². The van der Waals surface area contributed by atoms with E-state index in [1.807, 2.05) is 24.3 Å². The van der Waals surface area contributed by atoms with Crippen molar-refractivity contribution in [2.45, 2.75) is 13.3 Å². The normalized spacial score (nSPS) is 10.8. The molecule has 3 aromatic rings. The van der Waals surface area contributed by atoms with Crippen LogP contribution >= 0.6 is 11.6 Å². The molecule has 0 aliphatic carbocycles. The van der Waals surface area contributed by atoms with Crippen molar-refractivity contribution < 1.29 is 9.53 Å². The monoisotopic (exact) mass is 345 g/mol. The second-order valence-corrected chi connectivity index (χ2v) is 5.60. The second-order valence-electron chi connectivity index (χ2n) is 5.17. The fraction of sp³-hybridized carbons (Fsp3) is 0.188. The molecule has 0 bridgehead atoms. The lowest BCUT2D eigenvalue weighted by Gasteiger charge is -2.02. The Kier molecular flexibility index (Phi) is 4.93. The number of carbonyl (C=O) groups excluding carboxylic acids is 1. The van der Waals surface area contributed by atoms with Gasteiger partial charge >= 0.3 is 0 Å². The Bertz CT molecular complexity index is 825. The molecule has 8 heteroatoms. The van der Waals surface area contributed by atoms with Crippen LogP contribution in [0.1, 0.15) is 16.1 Å². The molecule has 1 amide bonds. The van der Waals surface area contributed by atoms with Gasteiger partial charge in [-0.05, 0) is 23.8 Å². The van der Waals surface area contributed by atoms with E-state index in [-0.39, 0.29) is 5.91 Å². The van der Waals surface area contributed by atoms with Crippen LogP contribution in [0.2, 0.25) is 5.02 Å². The van der Waals surface area contributed by atoms with Gasteiger partial charge in [0.25, 0.3) is 5.91 Å². The molecule has 7 nitrogen and oxygen atoms in total. The Labute approximate surface area is 143 Å². The number of rotatable bonds is 6. The van der Waals surface area contributed by atoms with Crippen LogP contribution in [0.5, 0.6) is 0 Å². The van der Waals surface area contributed by atoms with Crippen molar-refractivity contribution in [1.29, 1.82) is 0 Å². The third-order valence-electron chi connectivity index (χ3n) is 3.28. The van der Waals surface area contributed by atoms with Crippen molar-refractivity contribution >= 4 is 23.2 Å². The number of aromatic nitrogens is 4. The summed E-state index contributed by atoms with van der Waals surface area (Å²) in [7, 11) is 1.57. The average Bonchev–Trinajstić information content (AvgIpc) is 3.20. The van der Waals surface area contributed by atoms with E-state index >= 15 is 0 Å². The van der Waals surface area contributed by atoms with E-state index in [2.05, 4.69) is 15.5 Å². The Morgan fingerprint density at radius 2 is 2.04 bits per heavy atom. The number of carbonyl (C=O) groups is 1. The minimum atomic E-state index is -0.295. The van der Waals surface area contributed by atoms with E-state index in [1.54, 1.807) is 41.1 Å². The zero-order valence-corrected chi connectivity index (χ0v) is 13.8. The Balaban J connectivity index is 1.62. The number of hydrogen-bond acceptors (Lipinski definition) is 4. The maximum absolute atomic E-state index is 12.2. The second kappa shape index (κ2) is 7.29. The molecular weight excluding hydrogens is 330 g/mol. The quantitative estimate of drug-likeness (QED) is 0.745. The maximum atomic E-state index is 12.2. The van der Waals surface area contributed by atoms with Crippen LogP contribution in [0.3, 0.4) is 0 Å². The van der Waals surface area contributed by atoms with Crippen molar-refractivity contribution in [3.8, 4) is 0 Å². The molecule has 2 aromatic heterocycles. The smallest absolute Gasteiger partial charge is 0.276 e. The van der Waals surface area contributed by atoms with E-state index in [9.17, 15) is 4.79 Å². The van der Waals surface area contributed by atoms with E-state index in [0.29, 0.717) is 29.7 Å². The summed E-state index contributed by atoms with van der Waals surface area (Å²) < 4.78 is 8.23. The number of nitrogens with one attached hydrogen (secondary N) is 1. The molecule has 0 saturated carbocycles.